The first kappa shape index (κ1) is 19.0. The molecule has 0 spiro atoms. The third kappa shape index (κ3) is 4.80. The summed E-state index contributed by atoms with van der Waals surface area (Å²) in [6.07, 6.45) is 0. The maximum atomic E-state index is 13.9. The minimum atomic E-state index is -0.451. The fourth-order valence-electron chi connectivity index (χ4n) is 2.75. The Morgan fingerprint density at radius 3 is 2.60 bits per heavy atom. The molecule has 8 heteroatoms. The van der Waals surface area contributed by atoms with Crippen molar-refractivity contribution in [3.63, 3.8) is 0 Å². The molecule has 138 valence electrons. The van der Waals surface area contributed by atoms with Crippen molar-refractivity contribution in [1.82, 2.24) is 10.2 Å². The van der Waals surface area contributed by atoms with E-state index < -0.39 is 11.6 Å². The van der Waals surface area contributed by atoms with E-state index in [1.807, 2.05) is 9.80 Å². The van der Waals surface area contributed by atoms with Gasteiger partial charge in [0.25, 0.3) is 0 Å². The highest BCUT2D eigenvalue weighted by Gasteiger charge is 2.23. The number of hydrogen-bond acceptors (Lipinski definition) is 4. The van der Waals surface area contributed by atoms with Crippen molar-refractivity contribution in [2.24, 2.45) is 10.9 Å². The average Bonchev–Trinajstić information content (AvgIpc) is 2.63. The summed E-state index contributed by atoms with van der Waals surface area (Å²) in [6, 6.07) is 3.48. The lowest BCUT2D eigenvalue weighted by molar-refractivity contribution is -0.144. The summed E-state index contributed by atoms with van der Waals surface area (Å²) in [5, 5.41) is 3.15. The predicted molar refractivity (Wildman–Crippen MR) is 92.7 cm³/mol. The van der Waals surface area contributed by atoms with Gasteiger partial charge in [0.05, 0.1) is 18.7 Å². The molecule has 2 rings (SSSR count). The van der Waals surface area contributed by atoms with Crippen LogP contribution >= 0.6 is 0 Å². The van der Waals surface area contributed by atoms with Crippen molar-refractivity contribution in [3.05, 3.63) is 29.8 Å². The number of guanidine groups is 1. The van der Waals surface area contributed by atoms with Crippen molar-refractivity contribution in [1.29, 1.82) is 0 Å². The predicted octanol–water partition coefficient (Wildman–Crippen LogP) is 1.47. The number of nitrogens with one attached hydrogen (secondary N) is 1. The molecule has 1 unspecified atom stereocenters. The van der Waals surface area contributed by atoms with Crippen LogP contribution < -0.4 is 10.2 Å². The summed E-state index contributed by atoms with van der Waals surface area (Å²) in [4.78, 5) is 19.5. The first-order valence-corrected chi connectivity index (χ1v) is 8.19. The number of ether oxygens (including phenoxy) is 1. The zero-order chi connectivity index (χ0) is 18.4. The Hall–Kier alpha value is -2.38. The van der Waals surface area contributed by atoms with E-state index in [0.717, 1.165) is 12.1 Å². The molecule has 0 radical (unpaired) electrons. The Labute approximate surface area is 146 Å². The van der Waals surface area contributed by atoms with Crippen LogP contribution in [0.3, 0.4) is 0 Å². The third-order valence-corrected chi connectivity index (χ3v) is 4.21. The van der Waals surface area contributed by atoms with Crippen LogP contribution in [0.5, 0.6) is 0 Å². The molecule has 1 aromatic carbocycles. The maximum Gasteiger partial charge on any atom is 0.310 e. The van der Waals surface area contributed by atoms with Crippen LogP contribution in [-0.4, -0.2) is 63.7 Å². The number of carbonyl (C=O) groups excluding carboxylic acids is 1. The molecule has 25 heavy (non-hydrogen) atoms. The van der Waals surface area contributed by atoms with Gasteiger partial charge in [-0.05, 0) is 12.1 Å². The normalized spacial score (nSPS) is 16.6. The summed E-state index contributed by atoms with van der Waals surface area (Å²) in [5.74, 6) is -0.772. The summed E-state index contributed by atoms with van der Waals surface area (Å²) >= 11 is 0. The van der Waals surface area contributed by atoms with Gasteiger partial charge in [-0.1, -0.05) is 6.92 Å². The van der Waals surface area contributed by atoms with Gasteiger partial charge in [0.1, 0.15) is 11.6 Å². The molecular formula is C17H24F2N4O2. The molecule has 1 aliphatic rings. The van der Waals surface area contributed by atoms with Crippen molar-refractivity contribution in [2.45, 2.75) is 6.92 Å². The average molecular weight is 354 g/mol. The van der Waals surface area contributed by atoms with Crippen molar-refractivity contribution in [2.75, 3.05) is 51.8 Å². The molecule has 0 saturated carbocycles. The lowest BCUT2D eigenvalue weighted by atomic mass is 10.2. The van der Waals surface area contributed by atoms with E-state index in [4.69, 9.17) is 4.74 Å². The molecule has 1 aliphatic heterocycles. The number of hydrogen-bond donors (Lipinski definition) is 1. The first-order chi connectivity index (χ1) is 12.0. The molecule has 1 heterocycles. The van der Waals surface area contributed by atoms with E-state index in [1.165, 1.54) is 13.2 Å². The molecular weight excluding hydrogens is 330 g/mol. The van der Waals surface area contributed by atoms with Gasteiger partial charge < -0.3 is 19.9 Å². The number of aliphatic imine (C=N–C) groups is 1. The summed E-state index contributed by atoms with van der Waals surface area (Å²) in [5.41, 5.74) is 0.280. The maximum absolute atomic E-state index is 13.9. The van der Waals surface area contributed by atoms with E-state index in [0.29, 0.717) is 38.7 Å². The topological polar surface area (TPSA) is 57.2 Å². The molecule has 1 aromatic rings. The van der Waals surface area contributed by atoms with Gasteiger partial charge >= 0.3 is 5.97 Å². The molecule has 1 N–H and O–H groups in total. The van der Waals surface area contributed by atoms with Gasteiger partial charge in [0, 0.05) is 45.8 Å². The largest absolute Gasteiger partial charge is 0.469 e. The first-order valence-electron chi connectivity index (χ1n) is 8.19. The van der Waals surface area contributed by atoms with E-state index in [1.54, 1.807) is 14.0 Å². The number of anilines is 1. The fraction of sp³-hybridized carbons (Fsp3) is 0.529. The Balaban J connectivity index is 1.91. The summed E-state index contributed by atoms with van der Waals surface area (Å²) in [7, 11) is 3.03. The second kappa shape index (κ2) is 8.64. The molecule has 0 aromatic heterocycles. The Kier molecular flexibility index (Phi) is 6.55. The minimum Gasteiger partial charge on any atom is -0.469 e. The standard InChI is InChI=1S/C17H24F2N4O2/c1-12(16(24)25-3)11-21-17(20-2)23-8-6-22(7-9-23)15-10-13(18)4-5-14(15)19/h4-5,10,12H,6-9,11H2,1-3H3,(H,20,21). The number of nitrogens with zero attached hydrogens (tertiary/aromatic N) is 3. The Bertz CT molecular complexity index is 631. The van der Waals surface area contributed by atoms with Gasteiger partial charge in [-0.2, -0.15) is 0 Å². The van der Waals surface area contributed by atoms with E-state index in [2.05, 4.69) is 10.3 Å². The van der Waals surface area contributed by atoms with Crippen molar-refractivity contribution < 1.29 is 18.3 Å². The molecule has 6 nitrogen and oxygen atoms in total. The lowest BCUT2D eigenvalue weighted by Crippen LogP contribution is -2.53. The third-order valence-electron chi connectivity index (χ3n) is 4.21. The highest BCUT2D eigenvalue weighted by atomic mass is 19.1. The molecule has 1 atom stereocenters. The Morgan fingerprint density at radius 2 is 2.00 bits per heavy atom. The van der Waals surface area contributed by atoms with E-state index in [9.17, 15) is 13.6 Å². The number of carbonyl (C=O) groups is 1. The van der Waals surface area contributed by atoms with Crippen LogP contribution in [0.1, 0.15) is 6.92 Å². The lowest BCUT2D eigenvalue weighted by Gasteiger charge is -2.37. The molecule has 1 saturated heterocycles. The van der Waals surface area contributed by atoms with Gasteiger partial charge in [-0.25, -0.2) is 8.78 Å². The SMILES string of the molecule is CN=C(NCC(C)C(=O)OC)N1CCN(c2cc(F)ccc2F)CC1. The van der Waals surface area contributed by atoms with Crippen LogP contribution in [0.25, 0.3) is 0 Å². The number of piperazine rings is 1. The number of halogens is 2. The monoisotopic (exact) mass is 354 g/mol. The van der Waals surface area contributed by atoms with Crippen LogP contribution in [0.4, 0.5) is 14.5 Å². The number of esters is 1. The van der Waals surface area contributed by atoms with Gasteiger partial charge in [0.15, 0.2) is 5.96 Å². The number of rotatable bonds is 4. The fourth-order valence-corrected chi connectivity index (χ4v) is 2.75. The zero-order valence-corrected chi connectivity index (χ0v) is 14.8. The van der Waals surface area contributed by atoms with E-state index in [-0.39, 0.29) is 17.6 Å². The van der Waals surface area contributed by atoms with Crippen LogP contribution in [0.2, 0.25) is 0 Å². The smallest absolute Gasteiger partial charge is 0.310 e. The zero-order valence-electron chi connectivity index (χ0n) is 14.8. The van der Waals surface area contributed by atoms with Crippen LogP contribution in [-0.2, 0) is 9.53 Å². The second-order valence-electron chi connectivity index (χ2n) is 5.92. The van der Waals surface area contributed by atoms with Crippen molar-refractivity contribution in [3.8, 4) is 0 Å². The second-order valence-corrected chi connectivity index (χ2v) is 5.92. The minimum absolute atomic E-state index is 0.280. The van der Waals surface area contributed by atoms with Gasteiger partial charge in [0.2, 0.25) is 0 Å². The van der Waals surface area contributed by atoms with Crippen LogP contribution in [0, 0.1) is 17.6 Å². The van der Waals surface area contributed by atoms with Gasteiger partial charge in [-0.15, -0.1) is 0 Å². The number of benzene rings is 1. The molecule has 0 bridgehead atoms. The van der Waals surface area contributed by atoms with Crippen LogP contribution in [0.15, 0.2) is 23.2 Å². The molecule has 0 amide bonds. The molecule has 0 aliphatic carbocycles. The highest BCUT2D eigenvalue weighted by molar-refractivity contribution is 5.81. The van der Waals surface area contributed by atoms with Gasteiger partial charge in [-0.3, -0.25) is 9.79 Å². The summed E-state index contributed by atoms with van der Waals surface area (Å²) in [6.45, 7) is 4.51. The summed E-state index contributed by atoms with van der Waals surface area (Å²) < 4.78 is 32.0. The molecule has 1 fully saturated rings. The number of methoxy groups -OCH3 is 1. The quantitative estimate of drug-likeness (QED) is 0.504. The van der Waals surface area contributed by atoms with E-state index >= 15 is 0 Å². The highest BCUT2D eigenvalue weighted by Crippen LogP contribution is 2.21. The Morgan fingerprint density at radius 1 is 1.32 bits per heavy atom. The van der Waals surface area contributed by atoms with Crippen molar-refractivity contribution >= 4 is 17.6 Å².